The second kappa shape index (κ2) is 5.94. The van der Waals surface area contributed by atoms with Crippen LogP contribution in [0.2, 0.25) is 0 Å². The highest BCUT2D eigenvalue weighted by molar-refractivity contribution is 7.17. The Labute approximate surface area is 128 Å². The highest BCUT2D eigenvalue weighted by Gasteiger charge is 2.15. The lowest BCUT2D eigenvalue weighted by Crippen LogP contribution is -2.25. The average molecular weight is 293 g/mol. The minimum Gasteiger partial charge on any atom is -0.311 e. The maximum Gasteiger partial charge on any atom is 0.268 e. The molecule has 2 nitrogen and oxygen atoms in total. The van der Waals surface area contributed by atoms with Gasteiger partial charge in [-0.15, -0.1) is 11.3 Å². The zero-order chi connectivity index (χ0) is 14.7. The molecular weight excluding hydrogens is 278 g/mol. The highest BCUT2D eigenvalue weighted by atomic mass is 32.1. The van der Waals surface area contributed by atoms with E-state index < -0.39 is 0 Å². The van der Waals surface area contributed by atoms with Gasteiger partial charge in [0.15, 0.2) is 0 Å². The molecule has 3 aromatic rings. The van der Waals surface area contributed by atoms with Crippen LogP contribution in [-0.2, 0) is 0 Å². The smallest absolute Gasteiger partial charge is 0.268 e. The van der Waals surface area contributed by atoms with Crippen LogP contribution in [0.1, 0.15) is 9.67 Å². The van der Waals surface area contributed by atoms with Crippen LogP contribution in [0.5, 0.6) is 0 Å². The molecule has 0 saturated heterocycles. The van der Waals surface area contributed by atoms with Gasteiger partial charge in [-0.2, -0.15) is 0 Å². The quantitative estimate of drug-likeness (QED) is 0.686. The predicted molar refractivity (Wildman–Crippen MR) is 88.9 cm³/mol. The Morgan fingerprint density at radius 2 is 1.48 bits per heavy atom. The fraction of sp³-hybridized carbons (Fsp3) is 0.0556. The summed E-state index contributed by atoms with van der Waals surface area (Å²) in [6.07, 6.45) is 0. The third-order valence-electron chi connectivity index (χ3n) is 3.32. The normalized spacial score (nSPS) is 10.3. The Balaban J connectivity index is 1.85. The van der Waals surface area contributed by atoms with Crippen LogP contribution in [0.15, 0.2) is 72.8 Å². The fourth-order valence-electron chi connectivity index (χ4n) is 2.14. The molecule has 0 unspecified atom stereocenters. The molecule has 3 rings (SSSR count). The summed E-state index contributed by atoms with van der Waals surface area (Å²) in [5, 5.41) is 0. The number of amides is 1. The molecule has 21 heavy (non-hydrogen) atoms. The van der Waals surface area contributed by atoms with Crippen molar-refractivity contribution < 1.29 is 4.79 Å². The summed E-state index contributed by atoms with van der Waals surface area (Å²) in [7, 11) is 1.81. The topological polar surface area (TPSA) is 20.3 Å². The summed E-state index contributed by atoms with van der Waals surface area (Å²) < 4.78 is 0. The van der Waals surface area contributed by atoms with Gasteiger partial charge in [0.25, 0.3) is 5.91 Å². The number of thiophene rings is 1. The van der Waals surface area contributed by atoms with Gasteiger partial charge in [0.05, 0.1) is 4.88 Å². The molecule has 1 aromatic heterocycles. The minimum atomic E-state index is 0.0216. The Morgan fingerprint density at radius 1 is 0.857 bits per heavy atom. The molecule has 104 valence electrons. The number of carbonyl (C=O) groups is 1. The average Bonchev–Trinajstić information content (AvgIpc) is 3.05. The zero-order valence-corrected chi connectivity index (χ0v) is 12.5. The van der Waals surface area contributed by atoms with Crippen molar-refractivity contribution in [2.45, 2.75) is 0 Å². The molecule has 3 heteroatoms. The Kier molecular flexibility index (Phi) is 3.84. The van der Waals surface area contributed by atoms with Crippen molar-refractivity contribution >= 4 is 22.9 Å². The lowest BCUT2D eigenvalue weighted by Gasteiger charge is -2.16. The largest absolute Gasteiger partial charge is 0.311 e. The number of anilines is 1. The minimum absolute atomic E-state index is 0.0216. The van der Waals surface area contributed by atoms with E-state index in [2.05, 4.69) is 12.1 Å². The molecule has 1 amide bonds. The maximum absolute atomic E-state index is 12.5. The van der Waals surface area contributed by atoms with Crippen molar-refractivity contribution in [1.29, 1.82) is 0 Å². The molecule has 0 aliphatic heterocycles. The third kappa shape index (κ3) is 2.88. The summed E-state index contributed by atoms with van der Waals surface area (Å²) in [5.41, 5.74) is 2.04. The van der Waals surface area contributed by atoms with Gasteiger partial charge in [0.1, 0.15) is 0 Å². The van der Waals surface area contributed by atoms with Crippen molar-refractivity contribution in [2.75, 3.05) is 11.9 Å². The van der Waals surface area contributed by atoms with Gasteiger partial charge in [-0.1, -0.05) is 48.5 Å². The SMILES string of the molecule is CN(C(=O)c1ccc(-c2ccccc2)s1)c1ccccc1. The molecule has 0 radical (unpaired) electrons. The molecular formula is C18H15NOS. The van der Waals surface area contributed by atoms with Crippen molar-refractivity contribution in [1.82, 2.24) is 0 Å². The summed E-state index contributed by atoms with van der Waals surface area (Å²) in [6, 6.07) is 23.7. The standard InChI is InChI=1S/C18H15NOS/c1-19(15-10-6-3-7-11-15)18(20)17-13-12-16(21-17)14-8-4-2-5-9-14/h2-13H,1H3. The van der Waals surface area contributed by atoms with E-state index >= 15 is 0 Å². The molecule has 0 bridgehead atoms. The third-order valence-corrected chi connectivity index (χ3v) is 4.45. The van der Waals surface area contributed by atoms with Crippen LogP contribution in [0.3, 0.4) is 0 Å². The molecule has 0 fully saturated rings. The zero-order valence-electron chi connectivity index (χ0n) is 11.7. The molecule has 0 atom stereocenters. The van der Waals surface area contributed by atoms with Gasteiger partial charge in [0.2, 0.25) is 0 Å². The van der Waals surface area contributed by atoms with Crippen LogP contribution >= 0.6 is 11.3 Å². The van der Waals surface area contributed by atoms with Crippen molar-refractivity contribution in [3.05, 3.63) is 77.7 Å². The summed E-state index contributed by atoms with van der Waals surface area (Å²) in [6.45, 7) is 0. The fourth-order valence-corrected chi connectivity index (χ4v) is 3.13. The second-order valence-corrected chi connectivity index (χ2v) is 5.81. The lowest BCUT2D eigenvalue weighted by molar-refractivity contribution is 0.0997. The van der Waals surface area contributed by atoms with E-state index in [1.165, 1.54) is 11.3 Å². The number of para-hydroxylation sites is 1. The number of rotatable bonds is 3. The van der Waals surface area contributed by atoms with Crippen molar-refractivity contribution in [2.24, 2.45) is 0 Å². The van der Waals surface area contributed by atoms with E-state index in [9.17, 15) is 4.79 Å². The summed E-state index contributed by atoms with van der Waals surface area (Å²) >= 11 is 1.53. The van der Waals surface area contributed by atoms with E-state index in [1.54, 1.807) is 11.9 Å². The van der Waals surface area contributed by atoms with Gasteiger partial charge in [-0.25, -0.2) is 0 Å². The molecule has 0 N–H and O–H groups in total. The second-order valence-electron chi connectivity index (χ2n) is 4.73. The van der Waals surface area contributed by atoms with Gasteiger partial charge in [0, 0.05) is 17.6 Å². The molecule has 0 aliphatic carbocycles. The van der Waals surface area contributed by atoms with Crippen LogP contribution in [0.25, 0.3) is 10.4 Å². The van der Waals surface area contributed by atoms with E-state index in [4.69, 9.17) is 0 Å². The molecule has 2 aromatic carbocycles. The van der Waals surface area contributed by atoms with Crippen molar-refractivity contribution in [3.63, 3.8) is 0 Å². The summed E-state index contributed by atoms with van der Waals surface area (Å²) in [5.74, 6) is 0.0216. The van der Waals surface area contributed by atoms with Crippen molar-refractivity contribution in [3.8, 4) is 10.4 Å². The predicted octanol–water partition coefficient (Wildman–Crippen LogP) is 4.69. The molecule has 0 saturated carbocycles. The Hall–Kier alpha value is -2.39. The first-order chi connectivity index (χ1) is 10.3. The number of hydrogen-bond donors (Lipinski definition) is 0. The summed E-state index contributed by atoms with van der Waals surface area (Å²) in [4.78, 5) is 16.1. The van der Waals surface area contributed by atoms with Crippen LogP contribution in [0, 0.1) is 0 Å². The Morgan fingerprint density at radius 3 is 2.14 bits per heavy atom. The molecule has 0 spiro atoms. The monoisotopic (exact) mass is 293 g/mol. The maximum atomic E-state index is 12.5. The van der Waals surface area contributed by atoms with E-state index in [1.807, 2.05) is 60.7 Å². The van der Waals surface area contributed by atoms with Gasteiger partial charge >= 0.3 is 0 Å². The Bertz CT molecular complexity index is 734. The van der Waals surface area contributed by atoms with E-state index in [0.717, 1.165) is 21.0 Å². The number of nitrogens with zero attached hydrogens (tertiary/aromatic N) is 1. The van der Waals surface area contributed by atoms with Gasteiger partial charge < -0.3 is 4.90 Å². The molecule has 0 aliphatic rings. The van der Waals surface area contributed by atoms with Crippen LogP contribution < -0.4 is 4.90 Å². The lowest BCUT2D eigenvalue weighted by atomic mass is 10.2. The first kappa shape index (κ1) is 13.6. The van der Waals surface area contributed by atoms with Crippen LogP contribution in [-0.4, -0.2) is 13.0 Å². The number of carbonyl (C=O) groups excluding carboxylic acids is 1. The number of hydrogen-bond acceptors (Lipinski definition) is 2. The van der Waals surface area contributed by atoms with Gasteiger partial charge in [-0.3, -0.25) is 4.79 Å². The first-order valence-electron chi connectivity index (χ1n) is 6.74. The number of benzene rings is 2. The van der Waals surface area contributed by atoms with Crippen LogP contribution in [0.4, 0.5) is 5.69 Å². The van der Waals surface area contributed by atoms with E-state index in [0.29, 0.717) is 0 Å². The highest BCUT2D eigenvalue weighted by Crippen LogP contribution is 2.29. The van der Waals surface area contributed by atoms with E-state index in [-0.39, 0.29) is 5.91 Å². The molecule has 1 heterocycles. The van der Waals surface area contributed by atoms with Gasteiger partial charge in [-0.05, 0) is 29.8 Å². The first-order valence-corrected chi connectivity index (χ1v) is 7.56.